The van der Waals surface area contributed by atoms with Gasteiger partial charge in [-0.05, 0) is 37.4 Å². The largest absolute Gasteiger partial charge is 0.282 e. The van der Waals surface area contributed by atoms with E-state index in [2.05, 4.69) is 21.1 Å². The fraction of sp³-hybridized carbons (Fsp3) is 0.235. The van der Waals surface area contributed by atoms with Gasteiger partial charge in [-0.1, -0.05) is 6.07 Å². The molecular weight excluding hydrogens is 312 g/mol. The Balaban J connectivity index is 2.28. The van der Waals surface area contributed by atoms with E-state index in [0.29, 0.717) is 11.1 Å². The fourth-order valence-electron chi connectivity index (χ4n) is 2.92. The Hall–Kier alpha value is -3.10. The second-order valence-corrected chi connectivity index (χ2v) is 5.51. The molecule has 0 bridgehead atoms. The number of nitrogens with one attached hydrogen (secondary N) is 2. The molecule has 0 radical (unpaired) electrons. The minimum atomic E-state index is -2.86. The first kappa shape index (κ1) is 15.8. The Morgan fingerprint density at radius 1 is 1.33 bits per heavy atom. The SMILES string of the molecule is CC1=NC(C(F)F)=C(C#N)C(c2ccc3n[nH]c(C)c3c2)C1=C=N. The molecule has 1 aliphatic heterocycles. The molecule has 1 unspecified atom stereocenters. The lowest BCUT2D eigenvalue weighted by Gasteiger charge is -2.24. The molecule has 1 atom stereocenters. The van der Waals surface area contributed by atoms with E-state index in [-0.39, 0.29) is 11.3 Å². The third-order valence-electron chi connectivity index (χ3n) is 4.10. The van der Waals surface area contributed by atoms with E-state index in [4.69, 9.17) is 5.41 Å². The topological polar surface area (TPSA) is 88.7 Å². The zero-order chi connectivity index (χ0) is 17.4. The number of allylic oxidation sites excluding steroid dienone is 3. The number of H-pyrrole nitrogens is 1. The summed E-state index contributed by atoms with van der Waals surface area (Å²) in [5, 5.41) is 24.8. The van der Waals surface area contributed by atoms with Crippen molar-refractivity contribution in [3.63, 3.8) is 0 Å². The standard InChI is InChI=1S/C17H13F2N5/c1-8-12(6-20)15(13(7-21)16(22-8)17(18)19)10-3-4-14-11(5-10)9(2)23-24-14/h3-5,15,17,20H,1-2H3,(H,23,24). The van der Waals surface area contributed by atoms with Crippen LogP contribution in [0.2, 0.25) is 0 Å². The zero-order valence-corrected chi connectivity index (χ0v) is 13.0. The van der Waals surface area contributed by atoms with Gasteiger partial charge in [0.15, 0.2) is 0 Å². The van der Waals surface area contributed by atoms with Crippen molar-refractivity contribution in [1.29, 1.82) is 10.7 Å². The highest BCUT2D eigenvalue weighted by Crippen LogP contribution is 2.39. The Morgan fingerprint density at radius 2 is 2.08 bits per heavy atom. The van der Waals surface area contributed by atoms with Gasteiger partial charge in [0.1, 0.15) is 5.70 Å². The fourth-order valence-corrected chi connectivity index (χ4v) is 2.92. The smallest absolute Gasteiger partial charge is 0.281 e. The summed E-state index contributed by atoms with van der Waals surface area (Å²) in [7, 11) is 0. The van der Waals surface area contributed by atoms with Crippen LogP contribution in [0.25, 0.3) is 10.9 Å². The van der Waals surface area contributed by atoms with E-state index >= 15 is 0 Å². The molecule has 0 amide bonds. The van der Waals surface area contributed by atoms with Crippen LogP contribution in [0.1, 0.15) is 24.1 Å². The van der Waals surface area contributed by atoms with Gasteiger partial charge >= 0.3 is 0 Å². The maximum absolute atomic E-state index is 13.3. The quantitative estimate of drug-likeness (QED) is 0.825. The van der Waals surface area contributed by atoms with Gasteiger partial charge < -0.3 is 0 Å². The number of nitrogens with zero attached hydrogens (tertiary/aromatic N) is 3. The minimum absolute atomic E-state index is 0.147. The number of fused-ring (bicyclic) bond motifs is 1. The predicted molar refractivity (Wildman–Crippen MR) is 86.6 cm³/mol. The molecular formula is C17H13F2N5. The first-order chi connectivity index (χ1) is 11.5. The average Bonchev–Trinajstić information content (AvgIpc) is 2.94. The maximum atomic E-state index is 13.3. The summed E-state index contributed by atoms with van der Waals surface area (Å²) in [5.74, 6) is 1.48. The van der Waals surface area contributed by atoms with Crippen molar-refractivity contribution in [2.24, 2.45) is 4.99 Å². The van der Waals surface area contributed by atoms with Crippen LogP contribution < -0.4 is 0 Å². The first-order valence-electron chi connectivity index (χ1n) is 7.20. The Kier molecular flexibility index (Phi) is 3.84. The molecule has 2 heterocycles. The number of aryl methyl sites for hydroxylation is 1. The number of alkyl halides is 2. The Bertz CT molecular complexity index is 984. The summed E-state index contributed by atoms with van der Waals surface area (Å²) < 4.78 is 26.6. The van der Waals surface area contributed by atoms with Crippen molar-refractivity contribution < 1.29 is 8.78 Å². The summed E-state index contributed by atoms with van der Waals surface area (Å²) >= 11 is 0. The van der Waals surface area contributed by atoms with Crippen LogP contribution in [0.3, 0.4) is 0 Å². The highest BCUT2D eigenvalue weighted by Gasteiger charge is 2.33. The molecule has 1 aromatic heterocycles. The number of aliphatic imine (C=N–C) groups is 1. The number of halogens is 2. The van der Waals surface area contributed by atoms with Crippen LogP contribution >= 0.6 is 0 Å². The van der Waals surface area contributed by atoms with E-state index in [9.17, 15) is 14.0 Å². The molecule has 5 nitrogen and oxygen atoms in total. The van der Waals surface area contributed by atoms with Gasteiger partial charge in [0.05, 0.1) is 28.8 Å². The van der Waals surface area contributed by atoms with E-state index in [0.717, 1.165) is 16.6 Å². The number of rotatable bonds is 2. The van der Waals surface area contributed by atoms with Crippen LogP contribution in [-0.4, -0.2) is 28.2 Å². The number of hydrogen-bond acceptors (Lipinski definition) is 4. The summed E-state index contributed by atoms with van der Waals surface area (Å²) in [6.45, 7) is 3.40. The van der Waals surface area contributed by atoms with Crippen molar-refractivity contribution in [2.45, 2.75) is 26.2 Å². The summed E-state index contributed by atoms with van der Waals surface area (Å²) in [5.41, 5.74) is 2.11. The van der Waals surface area contributed by atoms with Crippen LogP contribution in [0.4, 0.5) is 8.78 Å². The number of aromatic amines is 1. The van der Waals surface area contributed by atoms with E-state index in [1.165, 1.54) is 0 Å². The molecule has 0 fully saturated rings. The third-order valence-corrected chi connectivity index (χ3v) is 4.10. The van der Waals surface area contributed by atoms with Gasteiger partial charge in [0, 0.05) is 16.7 Å². The van der Waals surface area contributed by atoms with Crippen molar-refractivity contribution in [2.75, 3.05) is 0 Å². The lowest BCUT2D eigenvalue weighted by atomic mass is 9.80. The molecule has 0 spiro atoms. The van der Waals surface area contributed by atoms with Gasteiger partial charge in [-0.2, -0.15) is 10.4 Å². The highest BCUT2D eigenvalue weighted by molar-refractivity contribution is 6.08. The lowest BCUT2D eigenvalue weighted by Crippen LogP contribution is -2.20. The summed E-state index contributed by atoms with van der Waals surface area (Å²) in [6, 6.07) is 7.13. The molecule has 3 rings (SSSR count). The van der Waals surface area contributed by atoms with Crippen molar-refractivity contribution in [3.05, 3.63) is 46.3 Å². The molecule has 24 heavy (non-hydrogen) atoms. The van der Waals surface area contributed by atoms with Crippen molar-refractivity contribution >= 4 is 22.5 Å². The van der Waals surface area contributed by atoms with Gasteiger partial charge in [-0.3, -0.25) is 15.5 Å². The van der Waals surface area contributed by atoms with Crippen LogP contribution in [0.5, 0.6) is 0 Å². The molecule has 0 saturated heterocycles. The maximum Gasteiger partial charge on any atom is 0.281 e. The molecule has 0 saturated carbocycles. The summed E-state index contributed by atoms with van der Waals surface area (Å²) in [4.78, 5) is 3.82. The van der Waals surface area contributed by atoms with Crippen molar-refractivity contribution in [1.82, 2.24) is 10.2 Å². The molecule has 7 heteroatoms. The number of aromatic nitrogens is 2. The Labute approximate surface area is 136 Å². The second kappa shape index (κ2) is 5.84. The second-order valence-electron chi connectivity index (χ2n) is 5.51. The normalized spacial score (nSPS) is 17.9. The minimum Gasteiger partial charge on any atom is -0.282 e. The van der Waals surface area contributed by atoms with E-state index in [1.54, 1.807) is 25.1 Å². The van der Waals surface area contributed by atoms with E-state index in [1.807, 2.05) is 13.0 Å². The predicted octanol–water partition coefficient (Wildman–Crippen LogP) is 3.65. The molecule has 2 aromatic rings. The third kappa shape index (κ3) is 2.34. The molecule has 120 valence electrons. The van der Waals surface area contributed by atoms with Gasteiger partial charge in [-0.15, -0.1) is 0 Å². The number of nitriles is 1. The lowest BCUT2D eigenvalue weighted by molar-refractivity contribution is 0.186. The summed E-state index contributed by atoms with van der Waals surface area (Å²) in [6.07, 6.45) is -2.86. The van der Waals surface area contributed by atoms with Crippen LogP contribution in [0, 0.1) is 23.7 Å². The van der Waals surface area contributed by atoms with E-state index < -0.39 is 18.0 Å². The highest BCUT2D eigenvalue weighted by atomic mass is 19.3. The number of benzene rings is 1. The van der Waals surface area contributed by atoms with Gasteiger partial charge in [-0.25, -0.2) is 8.78 Å². The van der Waals surface area contributed by atoms with Crippen LogP contribution in [-0.2, 0) is 0 Å². The van der Waals surface area contributed by atoms with Gasteiger partial charge in [0.2, 0.25) is 0 Å². The van der Waals surface area contributed by atoms with Gasteiger partial charge in [0.25, 0.3) is 6.43 Å². The van der Waals surface area contributed by atoms with Crippen molar-refractivity contribution in [3.8, 4) is 6.07 Å². The molecule has 1 aromatic carbocycles. The number of hydrogen-bond donors (Lipinski definition) is 2. The molecule has 0 aliphatic carbocycles. The zero-order valence-electron chi connectivity index (χ0n) is 13.0. The molecule has 2 N–H and O–H groups in total. The first-order valence-corrected chi connectivity index (χ1v) is 7.20. The van der Waals surface area contributed by atoms with Crippen LogP contribution in [0.15, 0.2) is 40.0 Å². The average molecular weight is 325 g/mol. The monoisotopic (exact) mass is 325 g/mol. The Morgan fingerprint density at radius 3 is 2.71 bits per heavy atom. The molecule has 1 aliphatic rings.